The first-order chi connectivity index (χ1) is 16.3. The Bertz CT molecular complexity index is 1090. The van der Waals surface area contributed by atoms with Crippen LogP contribution in [0.25, 0.3) is 0 Å². The molecule has 0 radical (unpaired) electrons. The predicted octanol–water partition coefficient (Wildman–Crippen LogP) is 5.31. The van der Waals surface area contributed by atoms with E-state index in [-0.39, 0.29) is 23.6 Å². The molecule has 1 amide bonds. The van der Waals surface area contributed by atoms with Gasteiger partial charge in [-0.15, -0.1) is 0 Å². The molecule has 1 aliphatic rings. The molecule has 0 saturated carbocycles. The topological polar surface area (TPSA) is 45.9 Å². The molecule has 0 N–H and O–H groups in total. The van der Waals surface area contributed by atoms with Crippen molar-refractivity contribution in [2.24, 2.45) is 5.92 Å². The predicted molar refractivity (Wildman–Crippen MR) is 130 cm³/mol. The zero-order chi connectivity index (χ0) is 24.2. The number of nitrogens with zero attached hydrogens (tertiary/aromatic N) is 2. The average molecular weight is 465 g/mol. The van der Waals surface area contributed by atoms with E-state index in [1.165, 1.54) is 23.3 Å². The number of hydrogen-bond donors (Lipinski definition) is 0. The zero-order valence-electron chi connectivity index (χ0n) is 20.4. The second kappa shape index (κ2) is 10.4. The Balaban J connectivity index is 1.54. The van der Waals surface area contributed by atoms with Crippen LogP contribution in [0.4, 0.5) is 4.39 Å². The number of amides is 1. The van der Waals surface area contributed by atoms with Crippen LogP contribution in [0.5, 0.6) is 5.75 Å². The molecule has 1 aromatic heterocycles. The van der Waals surface area contributed by atoms with Gasteiger partial charge in [0.05, 0.1) is 13.7 Å². The maximum atomic E-state index is 13.3. The van der Waals surface area contributed by atoms with Crippen LogP contribution in [-0.4, -0.2) is 42.5 Å². The number of benzene rings is 2. The zero-order valence-corrected chi connectivity index (χ0v) is 20.4. The Hall–Kier alpha value is -3.12. The van der Waals surface area contributed by atoms with Gasteiger partial charge in [-0.25, -0.2) is 4.39 Å². The van der Waals surface area contributed by atoms with E-state index in [0.29, 0.717) is 13.1 Å². The van der Waals surface area contributed by atoms with Crippen LogP contribution in [0.1, 0.15) is 41.1 Å². The number of carbonyl (C=O) groups excluding carboxylic acids is 1. The van der Waals surface area contributed by atoms with Crippen molar-refractivity contribution in [3.63, 3.8) is 0 Å². The van der Waals surface area contributed by atoms with Crippen LogP contribution in [0.3, 0.4) is 0 Å². The fourth-order valence-corrected chi connectivity index (χ4v) is 4.85. The summed E-state index contributed by atoms with van der Waals surface area (Å²) in [7, 11) is 1.67. The Labute approximate surface area is 201 Å². The molecule has 34 heavy (non-hydrogen) atoms. The summed E-state index contributed by atoms with van der Waals surface area (Å²) in [6.45, 7) is 9.26. The molecule has 2 atom stereocenters. The number of ether oxygens (including phenoxy) is 1. The van der Waals surface area contributed by atoms with E-state index >= 15 is 0 Å². The van der Waals surface area contributed by atoms with Gasteiger partial charge in [0, 0.05) is 39.0 Å². The largest absolute Gasteiger partial charge is 0.497 e. The van der Waals surface area contributed by atoms with Crippen molar-refractivity contribution in [2.45, 2.75) is 39.8 Å². The normalized spacial score (nSPS) is 18.3. The van der Waals surface area contributed by atoms with Gasteiger partial charge in [-0.2, -0.15) is 0 Å². The highest BCUT2D eigenvalue weighted by molar-refractivity contribution is 5.73. The first-order valence-electron chi connectivity index (χ1n) is 11.7. The van der Waals surface area contributed by atoms with Crippen LogP contribution in [0.2, 0.25) is 0 Å². The van der Waals surface area contributed by atoms with Crippen molar-refractivity contribution in [3.8, 4) is 5.75 Å². The number of halogens is 1. The SMILES string of the molecule is COc1ccc([C@H]2CN(Cc3cc(C)c(C)o3)C[C@H]2CN(Cc2ccc(F)cc2)C(C)=O)cc1. The third-order valence-corrected chi connectivity index (χ3v) is 6.84. The van der Waals surface area contributed by atoms with Gasteiger partial charge >= 0.3 is 0 Å². The molecule has 3 aromatic rings. The van der Waals surface area contributed by atoms with Crippen molar-refractivity contribution < 1.29 is 18.3 Å². The number of methoxy groups -OCH3 is 1. The monoisotopic (exact) mass is 464 g/mol. The molecule has 1 aliphatic heterocycles. The van der Waals surface area contributed by atoms with Gasteiger partial charge in [-0.05, 0) is 66.8 Å². The summed E-state index contributed by atoms with van der Waals surface area (Å²) in [5, 5.41) is 0. The molecule has 1 saturated heterocycles. The molecule has 0 unspecified atom stereocenters. The molecular weight excluding hydrogens is 431 g/mol. The first-order valence-corrected chi connectivity index (χ1v) is 11.7. The lowest BCUT2D eigenvalue weighted by Gasteiger charge is -2.28. The quantitative estimate of drug-likeness (QED) is 0.453. The Morgan fingerprint density at radius 1 is 1.12 bits per heavy atom. The van der Waals surface area contributed by atoms with Crippen molar-refractivity contribution in [2.75, 3.05) is 26.7 Å². The van der Waals surface area contributed by atoms with Gasteiger partial charge in [0.2, 0.25) is 5.91 Å². The Morgan fingerprint density at radius 2 is 1.82 bits per heavy atom. The van der Waals surface area contributed by atoms with Crippen molar-refractivity contribution in [1.29, 1.82) is 0 Å². The van der Waals surface area contributed by atoms with Crippen molar-refractivity contribution in [1.82, 2.24) is 9.80 Å². The van der Waals surface area contributed by atoms with Crippen LogP contribution >= 0.6 is 0 Å². The fourth-order valence-electron chi connectivity index (χ4n) is 4.85. The summed E-state index contributed by atoms with van der Waals surface area (Å²) in [5.74, 6) is 3.05. The third-order valence-electron chi connectivity index (χ3n) is 6.84. The highest BCUT2D eigenvalue weighted by Gasteiger charge is 2.35. The number of hydrogen-bond acceptors (Lipinski definition) is 4. The van der Waals surface area contributed by atoms with Crippen molar-refractivity contribution in [3.05, 3.63) is 88.6 Å². The van der Waals surface area contributed by atoms with E-state index in [0.717, 1.165) is 42.5 Å². The molecule has 2 aromatic carbocycles. The molecule has 0 spiro atoms. The lowest BCUT2D eigenvalue weighted by molar-refractivity contribution is -0.130. The standard InChI is InChI=1S/C28H33FN2O3/c1-19-13-27(34-20(19)2)17-30-15-24(28(18-30)23-7-11-26(33-4)12-8-23)16-31(21(3)32)14-22-5-9-25(29)10-6-22/h5-13,24,28H,14-18H2,1-4H3/t24-,28+/m0/s1. The molecule has 6 heteroatoms. The molecule has 4 rings (SSSR count). The van der Waals surface area contributed by atoms with Gasteiger partial charge in [-0.3, -0.25) is 9.69 Å². The van der Waals surface area contributed by atoms with Crippen LogP contribution in [-0.2, 0) is 17.9 Å². The van der Waals surface area contributed by atoms with E-state index in [2.05, 4.69) is 30.0 Å². The minimum atomic E-state index is -0.271. The van der Waals surface area contributed by atoms with Crippen molar-refractivity contribution >= 4 is 5.91 Å². The summed E-state index contributed by atoms with van der Waals surface area (Å²) >= 11 is 0. The number of likely N-dealkylation sites (tertiary alicyclic amines) is 1. The first kappa shape index (κ1) is 24.0. The van der Waals surface area contributed by atoms with E-state index in [9.17, 15) is 9.18 Å². The highest BCUT2D eigenvalue weighted by Crippen LogP contribution is 2.35. The molecule has 0 bridgehead atoms. The molecule has 0 aliphatic carbocycles. The van der Waals surface area contributed by atoms with Gasteiger partial charge in [0.15, 0.2) is 0 Å². The lowest BCUT2D eigenvalue weighted by atomic mass is 9.88. The maximum Gasteiger partial charge on any atom is 0.219 e. The fraction of sp³-hybridized carbons (Fsp3) is 0.393. The van der Waals surface area contributed by atoms with E-state index in [1.807, 2.05) is 24.0 Å². The van der Waals surface area contributed by atoms with Gasteiger partial charge in [-0.1, -0.05) is 24.3 Å². The lowest BCUT2D eigenvalue weighted by Crippen LogP contribution is -2.35. The van der Waals surface area contributed by atoms with Gasteiger partial charge in [0.25, 0.3) is 0 Å². The average Bonchev–Trinajstić information content (AvgIpc) is 3.36. The number of rotatable bonds is 8. The highest BCUT2D eigenvalue weighted by atomic mass is 19.1. The van der Waals surface area contributed by atoms with E-state index in [4.69, 9.17) is 9.15 Å². The summed E-state index contributed by atoms with van der Waals surface area (Å²) in [6.07, 6.45) is 0. The van der Waals surface area contributed by atoms with Gasteiger partial charge in [0.1, 0.15) is 23.1 Å². The Kier molecular flexibility index (Phi) is 7.37. The minimum Gasteiger partial charge on any atom is -0.497 e. The third kappa shape index (κ3) is 5.68. The molecule has 2 heterocycles. The summed E-state index contributed by atoms with van der Waals surface area (Å²) in [4.78, 5) is 16.8. The second-order valence-electron chi connectivity index (χ2n) is 9.31. The van der Waals surface area contributed by atoms with Crippen LogP contribution in [0.15, 0.2) is 59.0 Å². The smallest absolute Gasteiger partial charge is 0.219 e. The number of furan rings is 1. The summed E-state index contributed by atoms with van der Waals surface area (Å²) < 4.78 is 24.6. The van der Waals surface area contributed by atoms with E-state index < -0.39 is 0 Å². The van der Waals surface area contributed by atoms with E-state index in [1.54, 1.807) is 26.2 Å². The second-order valence-corrected chi connectivity index (χ2v) is 9.31. The molecule has 180 valence electrons. The molecular formula is C28H33FN2O3. The Morgan fingerprint density at radius 3 is 2.41 bits per heavy atom. The minimum absolute atomic E-state index is 0.0218. The molecule has 1 fully saturated rings. The van der Waals surface area contributed by atoms with Crippen LogP contribution < -0.4 is 4.74 Å². The number of aryl methyl sites for hydroxylation is 2. The van der Waals surface area contributed by atoms with Crippen LogP contribution in [0, 0.1) is 25.6 Å². The summed E-state index contributed by atoms with van der Waals surface area (Å²) in [6, 6.07) is 16.7. The number of carbonyl (C=O) groups is 1. The maximum absolute atomic E-state index is 13.3. The molecule has 5 nitrogen and oxygen atoms in total. The summed E-state index contributed by atoms with van der Waals surface area (Å²) in [5.41, 5.74) is 3.33. The van der Waals surface area contributed by atoms with Gasteiger partial charge < -0.3 is 14.1 Å².